The number of fused-ring (bicyclic) bond motifs is 1. The second kappa shape index (κ2) is 11.3. The van der Waals surface area contributed by atoms with Crippen LogP contribution >= 0.6 is 11.3 Å². The highest BCUT2D eigenvalue weighted by atomic mass is 32.1. The molecular weight excluding hydrogens is 512 g/mol. The SMILES string of the molecule is CCNC(=O)Nc1nc2cc(-c3cnc(C(C)(C)O)nc3)cc(-c3cc(CN4CCN(C)CC4)ccn3)c2s1. The van der Waals surface area contributed by atoms with E-state index in [1.807, 2.05) is 19.2 Å². The first-order valence-electron chi connectivity index (χ1n) is 13.1. The number of hydrogen-bond donors (Lipinski definition) is 3. The molecule has 3 aromatic heterocycles. The molecule has 2 amide bonds. The number of anilines is 1. The van der Waals surface area contributed by atoms with E-state index >= 15 is 0 Å². The minimum atomic E-state index is -1.13. The van der Waals surface area contributed by atoms with Gasteiger partial charge in [0.1, 0.15) is 5.60 Å². The summed E-state index contributed by atoms with van der Waals surface area (Å²) in [5, 5.41) is 16.4. The van der Waals surface area contributed by atoms with Crippen LogP contribution in [-0.2, 0) is 12.1 Å². The fourth-order valence-electron chi connectivity index (χ4n) is 4.52. The Hall–Kier alpha value is -3.51. The molecule has 204 valence electrons. The molecule has 11 heteroatoms. The van der Waals surface area contributed by atoms with Crippen LogP contribution in [0.3, 0.4) is 0 Å². The van der Waals surface area contributed by atoms with Crippen LogP contribution in [0, 0.1) is 0 Å². The van der Waals surface area contributed by atoms with Gasteiger partial charge in [-0.15, -0.1) is 0 Å². The van der Waals surface area contributed by atoms with E-state index in [9.17, 15) is 9.90 Å². The van der Waals surface area contributed by atoms with Crippen molar-refractivity contribution in [2.75, 3.05) is 45.1 Å². The number of aliphatic hydroxyl groups is 1. The van der Waals surface area contributed by atoms with Crippen molar-refractivity contribution < 1.29 is 9.90 Å². The van der Waals surface area contributed by atoms with Gasteiger partial charge in [0.25, 0.3) is 0 Å². The number of benzene rings is 1. The van der Waals surface area contributed by atoms with Crippen molar-refractivity contribution in [3.63, 3.8) is 0 Å². The van der Waals surface area contributed by atoms with Gasteiger partial charge in [-0.25, -0.2) is 19.7 Å². The molecule has 0 unspecified atom stereocenters. The molecule has 0 saturated carbocycles. The normalized spacial score (nSPS) is 15.0. The smallest absolute Gasteiger partial charge is 0.321 e. The number of rotatable bonds is 7. The van der Waals surface area contributed by atoms with Crippen molar-refractivity contribution >= 4 is 32.7 Å². The lowest BCUT2D eigenvalue weighted by Gasteiger charge is -2.32. The predicted octanol–water partition coefficient (Wildman–Crippen LogP) is 3.93. The van der Waals surface area contributed by atoms with Crippen LogP contribution < -0.4 is 10.6 Å². The molecule has 4 aromatic rings. The molecule has 0 spiro atoms. The fraction of sp³-hybridized carbons (Fsp3) is 0.393. The van der Waals surface area contributed by atoms with E-state index in [1.54, 1.807) is 26.2 Å². The van der Waals surface area contributed by atoms with Crippen LogP contribution in [0.5, 0.6) is 0 Å². The molecule has 1 aromatic carbocycles. The van der Waals surface area contributed by atoms with Gasteiger partial charge in [-0.05, 0) is 63.2 Å². The summed E-state index contributed by atoms with van der Waals surface area (Å²) >= 11 is 1.42. The first-order valence-corrected chi connectivity index (χ1v) is 13.9. The standard InChI is InChI=1S/C28H34N8O2S/c1-5-29-26(37)34-27-33-23-14-19(20-15-31-25(32-16-20)28(2,3)38)13-21(24(23)39-27)22-12-18(6-7-30-22)17-36-10-8-35(4)9-11-36/h6-7,12-16,38H,5,8-11,17H2,1-4H3,(H2,29,33,34,37). The van der Waals surface area contributed by atoms with E-state index in [2.05, 4.69) is 55.6 Å². The van der Waals surface area contributed by atoms with E-state index in [1.165, 1.54) is 16.9 Å². The molecule has 0 atom stereocenters. The highest BCUT2D eigenvalue weighted by Crippen LogP contribution is 2.38. The van der Waals surface area contributed by atoms with Crippen LogP contribution in [0.2, 0.25) is 0 Å². The molecule has 3 N–H and O–H groups in total. The summed E-state index contributed by atoms with van der Waals surface area (Å²) in [7, 11) is 2.16. The molecule has 1 aliphatic heterocycles. The number of thiazole rings is 1. The summed E-state index contributed by atoms with van der Waals surface area (Å²) in [6.45, 7) is 10.8. The van der Waals surface area contributed by atoms with E-state index < -0.39 is 5.60 Å². The van der Waals surface area contributed by atoms with Gasteiger partial charge in [0, 0.05) is 69.0 Å². The first kappa shape index (κ1) is 27.1. The topological polar surface area (TPSA) is 119 Å². The Labute approximate surface area is 232 Å². The van der Waals surface area contributed by atoms with E-state index in [4.69, 9.17) is 9.97 Å². The Morgan fingerprint density at radius 1 is 1.08 bits per heavy atom. The molecule has 0 aliphatic carbocycles. The van der Waals surface area contributed by atoms with Crippen LogP contribution in [0.25, 0.3) is 32.6 Å². The van der Waals surface area contributed by atoms with Crippen molar-refractivity contribution in [1.29, 1.82) is 0 Å². The van der Waals surface area contributed by atoms with Crippen molar-refractivity contribution in [2.24, 2.45) is 0 Å². The Bertz CT molecular complexity index is 1460. The Morgan fingerprint density at radius 2 is 1.82 bits per heavy atom. The maximum Gasteiger partial charge on any atom is 0.321 e. The quantitative estimate of drug-likeness (QED) is 0.319. The van der Waals surface area contributed by atoms with Gasteiger partial charge in [0.15, 0.2) is 11.0 Å². The van der Waals surface area contributed by atoms with Gasteiger partial charge in [0.05, 0.1) is 15.9 Å². The number of pyridine rings is 1. The molecule has 10 nitrogen and oxygen atoms in total. The van der Waals surface area contributed by atoms with Crippen LogP contribution in [-0.4, -0.2) is 80.6 Å². The maximum atomic E-state index is 12.2. The van der Waals surface area contributed by atoms with Crippen LogP contribution in [0.4, 0.5) is 9.93 Å². The zero-order valence-electron chi connectivity index (χ0n) is 22.7. The number of nitrogens with zero attached hydrogens (tertiary/aromatic N) is 6. The number of amides is 2. The minimum absolute atomic E-state index is 0.291. The monoisotopic (exact) mass is 546 g/mol. The van der Waals surface area contributed by atoms with E-state index in [0.717, 1.165) is 65.3 Å². The van der Waals surface area contributed by atoms with Gasteiger partial charge in [-0.2, -0.15) is 0 Å². The number of carbonyl (C=O) groups is 1. The molecule has 1 aliphatic rings. The zero-order valence-corrected chi connectivity index (χ0v) is 23.5. The fourth-order valence-corrected chi connectivity index (χ4v) is 5.49. The number of aromatic nitrogens is 4. The lowest BCUT2D eigenvalue weighted by Crippen LogP contribution is -2.43. The van der Waals surface area contributed by atoms with Gasteiger partial charge in [0.2, 0.25) is 0 Å². The summed E-state index contributed by atoms with van der Waals surface area (Å²) in [5.74, 6) is 0.355. The minimum Gasteiger partial charge on any atom is -0.382 e. The number of piperazine rings is 1. The van der Waals surface area contributed by atoms with E-state index in [-0.39, 0.29) is 6.03 Å². The lowest BCUT2D eigenvalue weighted by atomic mass is 10.0. The van der Waals surface area contributed by atoms with Crippen molar-refractivity contribution in [2.45, 2.75) is 32.9 Å². The van der Waals surface area contributed by atoms with Crippen molar-refractivity contribution in [3.05, 3.63) is 54.2 Å². The third kappa shape index (κ3) is 6.39. The molecule has 1 fully saturated rings. The summed E-state index contributed by atoms with van der Waals surface area (Å²) in [6, 6.07) is 7.96. The number of hydrogen-bond acceptors (Lipinski definition) is 9. The molecule has 1 saturated heterocycles. The highest BCUT2D eigenvalue weighted by Gasteiger charge is 2.21. The maximum absolute atomic E-state index is 12.2. The van der Waals surface area contributed by atoms with Gasteiger partial charge < -0.3 is 15.3 Å². The molecule has 0 radical (unpaired) electrons. The summed E-state index contributed by atoms with van der Waals surface area (Å²) in [6.07, 6.45) is 5.28. The van der Waals surface area contributed by atoms with E-state index in [0.29, 0.717) is 17.5 Å². The van der Waals surface area contributed by atoms with Crippen molar-refractivity contribution in [3.8, 4) is 22.4 Å². The number of carbonyl (C=O) groups excluding carboxylic acids is 1. The molecule has 0 bridgehead atoms. The predicted molar refractivity (Wildman–Crippen MR) is 155 cm³/mol. The van der Waals surface area contributed by atoms with Gasteiger partial charge in [-0.3, -0.25) is 15.2 Å². The summed E-state index contributed by atoms with van der Waals surface area (Å²) < 4.78 is 0.934. The number of urea groups is 1. The second-order valence-electron chi connectivity index (χ2n) is 10.4. The third-order valence-corrected chi connectivity index (χ3v) is 7.70. The summed E-state index contributed by atoms with van der Waals surface area (Å²) in [5.41, 5.74) is 4.26. The molecular formula is C28H34N8O2S. The Morgan fingerprint density at radius 3 is 2.51 bits per heavy atom. The molecule has 39 heavy (non-hydrogen) atoms. The van der Waals surface area contributed by atoms with Gasteiger partial charge >= 0.3 is 6.03 Å². The highest BCUT2D eigenvalue weighted by molar-refractivity contribution is 7.22. The number of likely N-dealkylation sites (N-methyl/N-ethyl adjacent to an activating group) is 1. The molecule has 5 rings (SSSR count). The Balaban J connectivity index is 1.54. The Kier molecular flexibility index (Phi) is 7.85. The van der Waals surface area contributed by atoms with Crippen molar-refractivity contribution in [1.82, 2.24) is 35.1 Å². The lowest BCUT2D eigenvalue weighted by molar-refractivity contribution is 0.0687. The molecule has 4 heterocycles. The van der Waals surface area contributed by atoms with Gasteiger partial charge in [-0.1, -0.05) is 11.3 Å². The average Bonchev–Trinajstić information content (AvgIpc) is 3.31. The van der Waals surface area contributed by atoms with Crippen LogP contribution in [0.15, 0.2) is 42.9 Å². The average molecular weight is 547 g/mol. The largest absolute Gasteiger partial charge is 0.382 e. The van der Waals surface area contributed by atoms with Crippen LogP contribution in [0.1, 0.15) is 32.2 Å². The summed E-state index contributed by atoms with van der Waals surface area (Å²) in [4.78, 5) is 35.2. The zero-order chi connectivity index (χ0) is 27.6. The second-order valence-corrected chi connectivity index (χ2v) is 11.4. The number of nitrogens with one attached hydrogen (secondary N) is 2. The third-order valence-electron chi connectivity index (χ3n) is 6.68. The first-order chi connectivity index (χ1) is 18.7.